The Hall–Kier alpha value is -2.51. The number of hydrogen-bond acceptors (Lipinski definition) is 5. The van der Waals surface area contributed by atoms with E-state index in [1.54, 1.807) is 6.33 Å². The van der Waals surface area contributed by atoms with Gasteiger partial charge in [0.15, 0.2) is 5.16 Å². The van der Waals surface area contributed by atoms with Crippen LogP contribution in [-0.4, -0.2) is 46.6 Å². The highest BCUT2D eigenvalue weighted by Gasteiger charge is 2.11. The molecule has 8 heteroatoms. The molecule has 146 valence electrons. The van der Waals surface area contributed by atoms with E-state index in [1.165, 1.54) is 11.8 Å². The first-order chi connectivity index (χ1) is 13.5. The van der Waals surface area contributed by atoms with Crippen LogP contribution in [0.2, 0.25) is 5.02 Å². The maximum absolute atomic E-state index is 12.2. The fourth-order valence-electron chi connectivity index (χ4n) is 2.59. The Morgan fingerprint density at radius 2 is 2.04 bits per heavy atom. The molecule has 0 saturated carbocycles. The number of aryl methyl sites for hydroxylation is 1. The van der Waals surface area contributed by atoms with E-state index in [0.29, 0.717) is 16.7 Å². The molecule has 28 heavy (non-hydrogen) atoms. The zero-order chi connectivity index (χ0) is 19.9. The Bertz CT molecular complexity index is 931. The summed E-state index contributed by atoms with van der Waals surface area (Å²) in [6.45, 7) is 3.26. The molecule has 3 rings (SSSR count). The maximum atomic E-state index is 12.2. The molecule has 1 amide bonds. The number of nitrogens with one attached hydrogen (secondary N) is 1. The van der Waals surface area contributed by atoms with Gasteiger partial charge in [-0.3, -0.25) is 9.36 Å². The van der Waals surface area contributed by atoms with Gasteiger partial charge < -0.3 is 10.2 Å². The largest absolute Gasteiger partial charge is 0.373 e. The average molecular weight is 416 g/mol. The molecule has 0 radical (unpaired) electrons. The van der Waals surface area contributed by atoms with Crippen molar-refractivity contribution in [3.05, 3.63) is 65.4 Å². The van der Waals surface area contributed by atoms with Crippen LogP contribution in [0.3, 0.4) is 0 Å². The first-order valence-electron chi connectivity index (χ1n) is 8.87. The van der Waals surface area contributed by atoms with Crippen molar-refractivity contribution in [2.45, 2.75) is 12.1 Å². The molecule has 0 aliphatic heterocycles. The molecule has 0 aliphatic carbocycles. The van der Waals surface area contributed by atoms with Crippen LogP contribution >= 0.6 is 23.4 Å². The van der Waals surface area contributed by atoms with Crippen LogP contribution in [-0.2, 0) is 4.79 Å². The summed E-state index contributed by atoms with van der Waals surface area (Å²) >= 11 is 7.55. The zero-order valence-electron chi connectivity index (χ0n) is 15.8. The van der Waals surface area contributed by atoms with E-state index >= 15 is 0 Å². The molecule has 1 N–H and O–H groups in total. The number of carbonyl (C=O) groups is 1. The fourth-order valence-corrected chi connectivity index (χ4v) is 3.52. The minimum absolute atomic E-state index is 0.0389. The van der Waals surface area contributed by atoms with Crippen molar-refractivity contribution in [1.82, 2.24) is 20.1 Å². The van der Waals surface area contributed by atoms with Gasteiger partial charge in [0.05, 0.1) is 11.4 Å². The number of para-hydroxylation sites is 1. The number of amides is 1. The molecule has 0 aliphatic rings. The van der Waals surface area contributed by atoms with E-state index in [9.17, 15) is 4.79 Å². The molecule has 0 atom stereocenters. The second-order valence-electron chi connectivity index (χ2n) is 6.31. The van der Waals surface area contributed by atoms with Gasteiger partial charge in [-0.25, -0.2) is 0 Å². The highest BCUT2D eigenvalue weighted by Crippen LogP contribution is 2.23. The molecule has 0 bridgehead atoms. The van der Waals surface area contributed by atoms with Crippen molar-refractivity contribution in [2.24, 2.45) is 0 Å². The summed E-state index contributed by atoms with van der Waals surface area (Å²) in [6, 6.07) is 15.8. The van der Waals surface area contributed by atoms with Gasteiger partial charge in [0, 0.05) is 30.8 Å². The second kappa shape index (κ2) is 9.61. The van der Waals surface area contributed by atoms with Crippen LogP contribution in [0.15, 0.2) is 60.0 Å². The number of aromatic nitrogens is 3. The van der Waals surface area contributed by atoms with Gasteiger partial charge in [0.25, 0.3) is 0 Å². The van der Waals surface area contributed by atoms with Gasteiger partial charge in [-0.05, 0) is 36.8 Å². The standard InChI is InChI=1S/C20H22ClN5OS/c1-15-8-9-17(12-18(15)21)26-14-23-24-20(26)28-13-19(27)22-10-11-25(2)16-6-4-3-5-7-16/h3-9,12,14H,10-11,13H2,1-2H3,(H,22,27). The van der Waals surface area contributed by atoms with Crippen molar-refractivity contribution in [2.75, 3.05) is 30.8 Å². The number of thioether (sulfide) groups is 1. The lowest BCUT2D eigenvalue weighted by molar-refractivity contribution is -0.118. The molecule has 1 aromatic heterocycles. The second-order valence-corrected chi connectivity index (χ2v) is 7.66. The zero-order valence-corrected chi connectivity index (χ0v) is 17.4. The van der Waals surface area contributed by atoms with Gasteiger partial charge >= 0.3 is 0 Å². The Labute approximate surface area is 173 Å². The van der Waals surface area contributed by atoms with Crippen molar-refractivity contribution in [3.63, 3.8) is 0 Å². The summed E-state index contributed by atoms with van der Waals surface area (Å²) in [6.07, 6.45) is 1.62. The van der Waals surface area contributed by atoms with E-state index in [1.807, 2.05) is 67.1 Å². The molecular formula is C20H22ClN5OS. The number of nitrogens with zero attached hydrogens (tertiary/aromatic N) is 4. The van der Waals surface area contributed by atoms with Crippen LogP contribution in [0.5, 0.6) is 0 Å². The van der Waals surface area contributed by atoms with Crippen LogP contribution < -0.4 is 10.2 Å². The summed E-state index contributed by atoms with van der Waals surface area (Å²) in [4.78, 5) is 14.3. The quantitative estimate of drug-likeness (QED) is 0.570. The van der Waals surface area contributed by atoms with E-state index in [4.69, 9.17) is 11.6 Å². The van der Waals surface area contributed by atoms with Crippen molar-refractivity contribution >= 4 is 35.0 Å². The normalized spacial score (nSPS) is 10.7. The number of likely N-dealkylation sites (N-methyl/N-ethyl adjacent to an activating group) is 1. The highest BCUT2D eigenvalue weighted by molar-refractivity contribution is 7.99. The van der Waals surface area contributed by atoms with Crippen molar-refractivity contribution < 1.29 is 4.79 Å². The number of benzene rings is 2. The number of halogens is 1. The number of rotatable bonds is 8. The first kappa shape index (κ1) is 20.2. The lowest BCUT2D eigenvalue weighted by Crippen LogP contribution is -2.33. The Morgan fingerprint density at radius 3 is 2.79 bits per heavy atom. The highest BCUT2D eigenvalue weighted by atomic mass is 35.5. The van der Waals surface area contributed by atoms with E-state index < -0.39 is 0 Å². The van der Waals surface area contributed by atoms with Crippen LogP contribution in [0.4, 0.5) is 5.69 Å². The summed E-state index contributed by atoms with van der Waals surface area (Å²) in [5.74, 6) is 0.232. The van der Waals surface area contributed by atoms with Gasteiger partial charge in [-0.15, -0.1) is 10.2 Å². The Kier molecular flexibility index (Phi) is 6.95. The molecule has 0 fully saturated rings. The Morgan fingerprint density at radius 1 is 1.25 bits per heavy atom. The minimum atomic E-state index is -0.0389. The maximum Gasteiger partial charge on any atom is 0.230 e. The van der Waals surface area contributed by atoms with Crippen LogP contribution in [0.1, 0.15) is 5.56 Å². The van der Waals surface area contributed by atoms with Gasteiger partial charge in [-0.1, -0.05) is 47.6 Å². The number of carbonyl (C=O) groups excluding carboxylic acids is 1. The van der Waals surface area contributed by atoms with Gasteiger partial charge in [0.2, 0.25) is 5.91 Å². The van der Waals surface area contributed by atoms with Crippen molar-refractivity contribution in [3.8, 4) is 5.69 Å². The average Bonchev–Trinajstić information content (AvgIpc) is 3.17. The smallest absolute Gasteiger partial charge is 0.230 e. The van der Waals surface area contributed by atoms with Crippen LogP contribution in [0.25, 0.3) is 5.69 Å². The summed E-state index contributed by atoms with van der Waals surface area (Å²) in [5.41, 5.74) is 3.00. The van der Waals surface area contributed by atoms with Gasteiger partial charge in [-0.2, -0.15) is 0 Å². The Balaban J connectivity index is 1.49. The predicted molar refractivity (Wildman–Crippen MR) is 115 cm³/mol. The lowest BCUT2D eigenvalue weighted by atomic mass is 10.2. The molecule has 3 aromatic rings. The number of hydrogen-bond donors (Lipinski definition) is 1. The SMILES string of the molecule is Cc1ccc(-n2cnnc2SCC(=O)NCCN(C)c2ccccc2)cc1Cl. The number of anilines is 1. The van der Waals surface area contributed by atoms with Gasteiger partial charge in [0.1, 0.15) is 6.33 Å². The summed E-state index contributed by atoms with van der Waals surface area (Å²) in [5, 5.41) is 12.3. The molecule has 0 spiro atoms. The molecule has 2 aromatic carbocycles. The first-order valence-corrected chi connectivity index (χ1v) is 10.2. The van der Waals surface area contributed by atoms with Crippen molar-refractivity contribution in [1.29, 1.82) is 0 Å². The summed E-state index contributed by atoms with van der Waals surface area (Å²) in [7, 11) is 2.01. The molecule has 1 heterocycles. The summed E-state index contributed by atoms with van der Waals surface area (Å²) < 4.78 is 1.83. The molecule has 6 nitrogen and oxygen atoms in total. The predicted octanol–water partition coefficient (Wildman–Crippen LogP) is 3.57. The van der Waals surface area contributed by atoms with Crippen LogP contribution in [0, 0.1) is 6.92 Å². The van der Waals surface area contributed by atoms with E-state index in [-0.39, 0.29) is 11.7 Å². The minimum Gasteiger partial charge on any atom is -0.373 e. The fraction of sp³-hybridized carbons (Fsp3) is 0.250. The monoisotopic (exact) mass is 415 g/mol. The molecule has 0 saturated heterocycles. The lowest BCUT2D eigenvalue weighted by Gasteiger charge is -2.19. The molecule has 0 unspecified atom stereocenters. The van der Waals surface area contributed by atoms with E-state index in [2.05, 4.69) is 20.4 Å². The third-order valence-electron chi connectivity index (χ3n) is 4.25. The molecular weight excluding hydrogens is 394 g/mol. The third-order valence-corrected chi connectivity index (χ3v) is 5.60. The topological polar surface area (TPSA) is 63.1 Å². The third kappa shape index (κ3) is 5.27. The van der Waals surface area contributed by atoms with E-state index in [0.717, 1.165) is 23.5 Å².